The molecule has 0 radical (unpaired) electrons. The molecule has 2 aromatic heterocycles. The van der Waals surface area contributed by atoms with Crippen molar-refractivity contribution in [2.45, 2.75) is 6.92 Å². The van der Waals surface area contributed by atoms with Crippen LogP contribution in [0.2, 0.25) is 5.02 Å². The van der Waals surface area contributed by atoms with E-state index in [1.165, 1.54) is 6.07 Å². The second-order valence-electron chi connectivity index (χ2n) is 5.98. The van der Waals surface area contributed by atoms with Gasteiger partial charge in [0.05, 0.1) is 5.69 Å². The van der Waals surface area contributed by atoms with E-state index in [1.807, 2.05) is 30.3 Å². The Bertz CT molecular complexity index is 1190. The maximum Gasteiger partial charge on any atom is 0.347 e. The zero-order chi connectivity index (χ0) is 18.4. The van der Waals surface area contributed by atoms with Crippen LogP contribution in [0.25, 0.3) is 33.3 Å². The molecule has 4 nitrogen and oxygen atoms in total. The Kier molecular flexibility index (Phi) is 4.13. The molecular weight excluding hydrogens is 418 g/mol. The molecule has 0 atom stereocenters. The highest BCUT2D eigenvalue weighted by molar-refractivity contribution is 9.10. The standard InChI is InChI=1S/C20H13BrClNO3/c1-10-8-16(24)18(20(25)26-10)17-14-7-4-12(21)9-15(14)23-19(17)11-2-5-13(22)6-3-11/h2-9,23-24H,1H3. The van der Waals surface area contributed by atoms with Crippen molar-refractivity contribution in [1.29, 1.82) is 0 Å². The van der Waals surface area contributed by atoms with Crippen molar-refractivity contribution in [2.24, 2.45) is 0 Å². The van der Waals surface area contributed by atoms with Crippen LogP contribution in [0.1, 0.15) is 5.76 Å². The highest BCUT2D eigenvalue weighted by atomic mass is 79.9. The lowest BCUT2D eigenvalue weighted by Gasteiger charge is -2.07. The molecule has 0 bridgehead atoms. The average Bonchev–Trinajstić information content (AvgIpc) is 2.93. The number of hydrogen-bond donors (Lipinski definition) is 2. The lowest BCUT2D eigenvalue weighted by atomic mass is 9.99. The Hall–Kier alpha value is -2.50. The molecule has 0 fully saturated rings. The Balaban J connectivity index is 2.12. The predicted octanol–water partition coefficient (Wildman–Crippen LogP) is 5.89. The molecule has 0 aliphatic carbocycles. The number of hydrogen-bond acceptors (Lipinski definition) is 3. The van der Waals surface area contributed by atoms with E-state index in [2.05, 4.69) is 20.9 Å². The molecule has 0 aliphatic rings. The minimum absolute atomic E-state index is 0.113. The van der Waals surface area contributed by atoms with Gasteiger partial charge in [-0.25, -0.2) is 4.79 Å². The van der Waals surface area contributed by atoms with Crippen molar-refractivity contribution < 1.29 is 9.52 Å². The number of aromatic hydroxyl groups is 1. The van der Waals surface area contributed by atoms with E-state index in [9.17, 15) is 9.90 Å². The Morgan fingerprint density at radius 1 is 1.08 bits per heavy atom. The smallest absolute Gasteiger partial charge is 0.347 e. The molecule has 4 rings (SSSR count). The summed E-state index contributed by atoms with van der Waals surface area (Å²) in [4.78, 5) is 15.9. The summed E-state index contributed by atoms with van der Waals surface area (Å²) in [5.41, 5.74) is 2.53. The van der Waals surface area contributed by atoms with Gasteiger partial charge in [-0.3, -0.25) is 0 Å². The lowest BCUT2D eigenvalue weighted by Crippen LogP contribution is -2.04. The Morgan fingerprint density at radius 2 is 1.81 bits per heavy atom. The molecule has 0 amide bonds. The number of nitrogens with one attached hydrogen (secondary N) is 1. The SMILES string of the molecule is Cc1cc(O)c(-c2c(-c3ccc(Cl)cc3)[nH]c3cc(Br)ccc23)c(=O)o1. The molecule has 2 heterocycles. The number of aromatic amines is 1. The topological polar surface area (TPSA) is 66.2 Å². The highest BCUT2D eigenvalue weighted by Gasteiger charge is 2.22. The normalized spacial score (nSPS) is 11.2. The van der Waals surface area contributed by atoms with Gasteiger partial charge in [-0.2, -0.15) is 0 Å². The first-order chi connectivity index (χ1) is 12.4. The number of fused-ring (bicyclic) bond motifs is 1. The van der Waals surface area contributed by atoms with E-state index in [4.69, 9.17) is 16.0 Å². The quantitative estimate of drug-likeness (QED) is 0.417. The molecule has 4 aromatic rings. The fourth-order valence-electron chi connectivity index (χ4n) is 3.09. The first-order valence-electron chi connectivity index (χ1n) is 7.85. The van der Waals surface area contributed by atoms with Gasteiger partial charge in [-0.1, -0.05) is 45.7 Å². The third-order valence-electron chi connectivity index (χ3n) is 4.20. The van der Waals surface area contributed by atoms with Crippen molar-refractivity contribution in [3.63, 3.8) is 0 Å². The maximum absolute atomic E-state index is 12.5. The van der Waals surface area contributed by atoms with Crippen molar-refractivity contribution in [1.82, 2.24) is 4.98 Å². The van der Waals surface area contributed by atoms with Gasteiger partial charge in [0.15, 0.2) is 0 Å². The van der Waals surface area contributed by atoms with E-state index in [-0.39, 0.29) is 11.3 Å². The minimum Gasteiger partial charge on any atom is -0.507 e. The van der Waals surface area contributed by atoms with Crippen molar-refractivity contribution in [3.8, 4) is 28.1 Å². The third kappa shape index (κ3) is 2.83. The number of aromatic nitrogens is 1. The third-order valence-corrected chi connectivity index (χ3v) is 4.94. The fraction of sp³-hybridized carbons (Fsp3) is 0.0500. The lowest BCUT2D eigenvalue weighted by molar-refractivity contribution is 0.438. The minimum atomic E-state index is -0.582. The van der Waals surface area contributed by atoms with E-state index >= 15 is 0 Å². The van der Waals surface area contributed by atoms with Crippen molar-refractivity contribution in [2.75, 3.05) is 0 Å². The number of halogens is 2. The summed E-state index contributed by atoms with van der Waals surface area (Å²) >= 11 is 9.46. The van der Waals surface area contributed by atoms with Crippen LogP contribution in [-0.2, 0) is 0 Å². The zero-order valence-corrected chi connectivity index (χ0v) is 16.0. The van der Waals surface area contributed by atoms with E-state index in [0.717, 1.165) is 20.9 Å². The molecule has 2 N–H and O–H groups in total. The molecular formula is C20H13BrClNO3. The summed E-state index contributed by atoms with van der Waals surface area (Å²) in [7, 11) is 0. The van der Waals surface area contributed by atoms with Crippen LogP contribution in [0, 0.1) is 6.92 Å². The largest absolute Gasteiger partial charge is 0.507 e. The summed E-state index contributed by atoms with van der Waals surface area (Å²) < 4.78 is 6.14. The van der Waals surface area contributed by atoms with E-state index in [0.29, 0.717) is 22.0 Å². The summed E-state index contributed by atoms with van der Waals surface area (Å²) in [6, 6.07) is 14.4. The van der Waals surface area contributed by atoms with Gasteiger partial charge < -0.3 is 14.5 Å². The molecule has 0 spiro atoms. The van der Waals surface area contributed by atoms with Crippen molar-refractivity contribution >= 4 is 38.4 Å². The highest BCUT2D eigenvalue weighted by Crippen LogP contribution is 2.41. The molecule has 6 heteroatoms. The van der Waals surface area contributed by atoms with Crippen LogP contribution in [0.4, 0.5) is 0 Å². The number of rotatable bonds is 2. The van der Waals surface area contributed by atoms with Gasteiger partial charge in [0.1, 0.15) is 17.1 Å². The van der Waals surface area contributed by atoms with Gasteiger partial charge in [-0.05, 0) is 36.8 Å². The van der Waals surface area contributed by atoms with Crippen LogP contribution in [0.15, 0.2) is 62.2 Å². The van der Waals surface area contributed by atoms with Crippen LogP contribution < -0.4 is 5.63 Å². The van der Waals surface area contributed by atoms with Gasteiger partial charge >= 0.3 is 5.63 Å². The van der Waals surface area contributed by atoms with Crippen LogP contribution in [0.3, 0.4) is 0 Å². The molecule has 26 heavy (non-hydrogen) atoms. The first-order valence-corrected chi connectivity index (χ1v) is 9.02. The van der Waals surface area contributed by atoms with Gasteiger partial charge in [0.2, 0.25) is 0 Å². The molecule has 130 valence electrons. The number of benzene rings is 2. The van der Waals surface area contributed by atoms with Crippen LogP contribution in [0.5, 0.6) is 5.75 Å². The number of aryl methyl sites for hydroxylation is 1. The molecule has 0 aliphatic heterocycles. The fourth-order valence-corrected chi connectivity index (χ4v) is 3.58. The molecule has 0 unspecified atom stereocenters. The van der Waals surface area contributed by atoms with E-state index in [1.54, 1.807) is 19.1 Å². The van der Waals surface area contributed by atoms with Gasteiger partial charge in [0.25, 0.3) is 0 Å². The molecule has 0 saturated carbocycles. The molecule has 2 aromatic carbocycles. The Labute approximate surface area is 162 Å². The van der Waals surface area contributed by atoms with Gasteiger partial charge in [-0.15, -0.1) is 0 Å². The zero-order valence-electron chi connectivity index (χ0n) is 13.6. The molecule has 0 saturated heterocycles. The maximum atomic E-state index is 12.5. The van der Waals surface area contributed by atoms with Gasteiger partial charge in [0, 0.05) is 32.0 Å². The van der Waals surface area contributed by atoms with Crippen LogP contribution >= 0.6 is 27.5 Å². The summed E-state index contributed by atoms with van der Waals surface area (Å²) in [5, 5.41) is 11.9. The first kappa shape index (κ1) is 16.9. The van der Waals surface area contributed by atoms with Crippen LogP contribution in [-0.4, -0.2) is 10.1 Å². The average molecular weight is 431 g/mol. The predicted molar refractivity (Wildman–Crippen MR) is 107 cm³/mol. The Morgan fingerprint density at radius 3 is 2.50 bits per heavy atom. The monoisotopic (exact) mass is 429 g/mol. The second kappa shape index (κ2) is 6.34. The van der Waals surface area contributed by atoms with E-state index < -0.39 is 5.63 Å². The summed E-state index contributed by atoms with van der Waals surface area (Å²) in [6.45, 7) is 1.62. The second-order valence-corrected chi connectivity index (χ2v) is 7.33. The summed E-state index contributed by atoms with van der Waals surface area (Å²) in [6.07, 6.45) is 0. The van der Waals surface area contributed by atoms with Crippen molar-refractivity contribution in [3.05, 3.63) is 74.2 Å². The summed E-state index contributed by atoms with van der Waals surface area (Å²) in [5.74, 6) is 0.240. The number of H-pyrrole nitrogens is 1.